The number of methoxy groups -OCH3 is 1. The van der Waals surface area contributed by atoms with Gasteiger partial charge < -0.3 is 19.7 Å². The summed E-state index contributed by atoms with van der Waals surface area (Å²) < 4.78 is 11.1. The van der Waals surface area contributed by atoms with Crippen LogP contribution in [0, 0.1) is 5.92 Å². The summed E-state index contributed by atoms with van der Waals surface area (Å²) in [5.74, 6) is 1.66. The summed E-state index contributed by atoms with van der Waals surface area (Å²) in [6, 6.07) is 6.63. The molecular weight excluding hydrogens is 378 g/mol. The Labute approximate surface area is 180 Å². The molecule has 6 heteroatoms. The number of carbonyl (C=O) groups is 1. The van der Waals surface area contributed by atoms with E-state index in [2.05, 4.69) is 15.1 Å². The lowest BCUT2D eigenvalue weighted by Crippen LogP contribution is -2.51. The summed E-state index contributed by atoms with van der Waals surface area (Å²) in [6.45, 7) is 7.01. The van der Waals surface area contributed by atoms with Gasteiger partial charge in [0.05, 0.1) is 13.0 Å². The predicted molar refractivity (Wildman–Crippen MR) is 118 cm³/mol. The van der Waals surface area contributed by atoms with Gasteiger partial charge in [0.2, 0.25) is 5.91 Å². The van der Waals surface area contributed by atoms with E-state index < -0.39 is 0 Å². The van der Waals surface area contributed by atoms with Crippen LogP contribution in [0.1, 0.15) is 44.1 Å². The Hall–Kier alpha value is -1.79. The zero-order valence-electron chi connectivity index (χ0n) is 18.4. The van der Waals surface area contributed by atoms with Crippen LogP contribution in [0.3, 0.4) is 0 Å². The number of benzene rings is 1. The fraction of sp³-hybridized carbons (Fsp3) is 0.708. The van der Waals surface area contributed by atoms with Crippen LogP contribution < -0.4 is 14.8 Å². The van der Waals surface area contributed by atoms with E-state index in [-0.39, 0.29) is 11.8 Å². The maximum absolute atomic E-state index is 12.6. The van der Waals surface area contributed by atoms with E-state index in [0.717, 1.165) is 42.6 Å². The Morgan fingerprint density at radius 3 is 2.73 bits per heavy atom. The molecule has 1 N–H and O–H groups in total. The zero-order valence-corrected chi connectivity index (χ0v) is 18.4. The molecule has 1 amide bonds. The van der Waals surface area contributed by atoms with Gasteiger partial charge in [-0.05, 0) is 56.0 Å². The quantitative estimate of drug-likeness (QED) is 0.694. The number of nitrogens with one attached hydrogen (secondary N) is 1. The van der Waals surface area contributed by atoms with Crippen molar-refractivity contribution in [3.63, 3.8) is 0 Å². The molecule has 30 heavy (non-hydrogen) atoms. The highest BCUT2D eigenvalue weighted by molar-refractivity contribution is 5.79. The summed E-state index contributed by atoms with van der Waals surface area (Å²) in [4.78, 5) is 17.9. The average molecular weight is 416 g/mol. The maximum atomic E-state index is 12.6. The number of amides is 1. The highest BCUT2D eigenvalue weighted by Gasteiger charge is 2.27. The Bertz CT molecular complexity index is 697. The van der Waals surface area contributed by atoms with E-state index in [1.807, 2.05) is 18.2 Å². The number of piperazine rings is 1. The number of rotatable bonds is 7. The highest BCUT2D eigenvalue weighted by atomic mass is 16.5. The number of hydrogen-bond acceptors (Lipinski definition) is 5. The Balaban J connectivity index is 1.13. The predicted octanol–water partition coefficient (Wildman–Crippen LogP) is 2.70. The Morgan fingerprint density at radius 1 is 1.17 bits per heavy atom. The third kappa shape index (κ3) is 5.46. The summed E-state index contributed by atoms with van der Waals surface area (Å²) in [7, 11) is 1.66. The van der Waals surface area contributed by atoms with Crippen molar-refractivity contribution in [1.82, 2.24) is 15.1 Å². The smallest absolute Gasteiger partial charge is 0.226 e. The van der Waals surface area contributed by atoms with Gasteiger partial charge in [-0.1, -0.05) is 19.3 Å². The van der Waals surface area contributed by atoms with Crippen molar-refractivity contribution in [2.45, 2.75) is 51.0 Å². The number of fused-ring (bicyclic) bond motifs is 1. The minimum Gasteiger partial charge on any atom is -0.497 e. The monoisotopic (exact) mass is 415 g/mol. The van der Waals surface area contributed by atoms with E-state index in [1.165, 1.54) is 58.3 Å². The average Bonchev–Trinajstić information content (AvgIpc) is 2.82. The van der Waals surface area contributed by atoms with Crippen LogP contribution in [0.15, 0.2) is 18.2 Å². The van der Waals surface area contributed by atoms with Gasteiger partial charge in [0.1, 0.15) is 18.1 Å². The van der Waals surface area contributed by atoms with Crippen molar-refractivity contribution in [2.24, 2.45) is 5.92 Å². The summed E-state index contributed by atoms with van der Waals surface area (Å²) in [5.41, 5.74) is 1.05. The molecule has 4 rings (SSSR count). The first-order valence-corrected chi connectivity index (χ1v) is 11.8. The van der Waals surface area contributed by atoms with Crippen LogP contribution in [0.5, 0.6) is 11.5 Å². The van der Waals surface area contributed by atoms with Gasteiger partial charge in [0.25, 0.3) is 0 Å². The van der Waals surface area contributed by atoms with E-state index in [1.54, 1.807) is 7.11 Å². The Kier molecular flexibility index (Phi) is 7.50. The molecule has 0 unspecified atom stereocenters. The maximum Gasteiger partial charge on any atom is 0.226 e. The lowest BCUT2D eigenvalue weighted by atomic mass is 9.94. The Morgan fingerprint density at radius 2 is 1.97 bits per heavy atom. The van der Waals surface area contributed by atoms with Crippen molar-refractivity contribution in [1.29, 1.82) is 0 Å². The molecule has 0 bridgehead atoms. The molecule has 2 fully saturated rings. The number of carbonyl (C=O) groups excluding carboxylic acids is 1. The van der Waals surface area contributed by atoms with Gasteiger partial charge in [-0.15, -0.1) is 0 Å². The lowest BCUT2D eigenvalue weighted by molar-refractivity contribution is -0.126. The van der Waals surface area contributed by atoms with E-state index in [4.69, 9.17) is 9.47 Å². The molecule has 0 aromatic heterocycles. The van der Waals surface area contributed by atoms with Crippen LogP contribution in [0.4, 0.5) is 0 Å². The highest BCUT2D eigenvalue weighted by Crippen LogP contribution is 2.30. The molecule has 1 aliphatic carbocycles. The van der Waals surface area contributed by atoms with Gasteiger partial charge in [-0.3, -0.25) is 9.69 Å². The van der Waals surface area contributed by atoms with E-state index in [0.29, 0.717) is 13.0 Å². The first-order valence-electron chi connectivity index (χ1n) is 11.8. The van der Waals surface area contributed by atoms with Crippen LogP contribution in [0.25, 0.3) is 0 Å². The second kappa shape index (κ2) is 10.5. The van der Waals surface area contributed by atoms with Crippen molar-refractivity contribution < 1.29 is 14.3 Å². The van der Waals surface area contributed by atoms with Crippen LogP contribution in [-0.2, 0) is 11.2 Å². The van der Waals surface area contributed by atoms with Gasteiger partial charge in [0, 0.05) is 38.8 Å². The molecule has 2 heterocycles. The molecule has 1 aromatic carbocycles. The molecule has 1 aromatic rings. The van der Waals surface area contributed by atoms with E-state index in [9.17, 15) is 4.79 Å². The molecule has 1 saturated heterocycles. The fourth-order valence-corrected chi connectivity index (χ4v) is 5.12. The normalized spacial score (nSPS) is 23.4. The molecule has 0 radical (unpaired) electrons. The van der Waals surface area contributed by atoms with Crippen molar-refractivity contribution >= 4 is 5.91 Å². The topological polar surface area (TPSA) is 54.0 Å². The van der Waals surface area contributed by atoms with Gasteiger partial charge in [-0.2, -0.15) is 0 Å². The minimum atomic E-state index is -0.122. The largest absolute Gasteiger partial charge is 0.497 e. The summed E-state index contributed by atoms with van der Waals surface area (Å²) in [5, 5.41) is 3.12. The first-order chi connectivity index (χ1) is 14.7. The van der Waals surface area contributed by atoms with Crippen molar-refractivity contribution in [2.75, 3.05) is 53.0 Å². The zero-order chi connectivity index (χ0) is 20.8. The molecule has 3 aliphatic rings. The molecule has 166 valence electrons. The lowest BCUT2D eigenvalue weighted by Gasteiger charge is -2.40. The summed E-state index contributed by atoms with van der Waals surface area (Å²) >= 11 is 0. The van der Waals surface area contributed by atoms with Crippen LogP contribution >= 0.6 is 0 Å². The molecule has 6 nitrogen and oxygen atoms in total. The SMILES string of the molecule is COc1ccc2c(c1)C[C@@H](C(=O)NCCCN1CCN(C3CCCCC3)CC1)CO2. The molecule has 2 aliphatic heterocycles. The second-order valence-electron chi connectivity index (χ2n) is 9.00. The van der Waals surface area contributed by atoms with Gasteiger partial charge in [-0.25, -0.2) is 0 Å². The molecular formula is C24H37N3O3. The van der Waals surface area contributed by atoms with E-state index >= 15 is 0 Å². The number of ether oxygens (including phenoxy) is 2. The standard InChI is InChI=1S/C24H37N3O3/c1-29-22-8-9-23-19(17-22)16-20(18-30-23)24(28)25-10-5-11-26-12-14-27(15-13-26)21-6-3-2-4-7-21/h8-9,17,20-21H,2-7,10-16,18H2,1H3,(H,25,28)/t20-/m1/s1. The van der Waals surface area contributed by atoms with Gasteiger partial charge in [0.15, 0.2) is 0 Å². The second-order valence-corrected chi connectivity index (χ2v) is 9.00. The van der Waals surface area contributed by atoms with Gasteiger partial charge >= 0.3 is 0 Å². The molecule has 1 atom stereocenters. The first kappa shape index (κ1) is 21.4. The molecule has 0 spiro atoms. The summed E-state index contributed by atoms with van der Waals surface area (Å²) in [6.07, 6.45) is 8.76. The van der Waals surface area contributed by atoms with Crippen molar-refractivity contribution in [3.8, 4) is 11.5 Å². The van der Waals surface area contributed by atoms with Crippen molar-refractivity contribution in [3.05, 3.63) is 23.8 Å². The molecule has 1 saturated carbocycles. The number of nitrogens with zero attached hydrogens (tertiary/aromatic N) is 2. The third-order valence-electron chi connectivity index (χ3n) is 6.99. The number of hydrogen-bond donors (Lipinski definition) is 1. The minimum absolute atomic E-state index is 0.102. The van der Waals surface area contributed by atoms with Crippen LogP contribution in [-0.4, -0.2) is 74.7 Å². The fourth-order valence-electron chi connectivity index (χ4n) is 5.12. The third-order valence-corrected chi connectivity index (χ3v) is 6.99. The van der Waals surface area contributed by atoms with Crippen LogP contribution in [0.2, 0.25) is 0 Å².